The van der Waals surface area contributed by atoms with Gasteiger partial charge in [-0.15, -0.1) is 0 Å². The van der Waals surface area contributed by atoms with E-state index in [1.807, 2.05) is 59.1 Å². The SMILES string of the molecule is CCCC(=O)N1CCCC(C(=O)NCCc2ccn(-c3ccccc3)n2)C1. The zero-order valence-electron chi connectivity index (χ0n) is 15.9. The molecular weight excluding hydrogens is 340 g/mol. The van der Waals surface area contributed by atoms with Crippen molar-refractivity contribution >= 4 is 11.8 Å². The number of carbonyl (C=O) groups excluding carboxylic acids is 2. The molecule has 2 amide bonds. The highest BCUT2D eigenvalue weighted by Gasteiger charge is 2.27. The standard InChI is InChI=1S/C21H28N4O2/c1-2-7-20(26)24-14-6-8-17(16-24)21(27)22-13-11-18-12-15-25(23-18)19-9-4-3-5-10-19/h3-5,9-10,12,15,17H,2,6-8,11,13-14,16H2,1H3,(H,22,27). The zero-order valence-corrected chi connectivity index (χ0v) is 15.9. The minimum absolute atomic E-state index is 0.0477. The molecule has 3 rings (SSSR count). The number of nitrogens with zero attached hydrogens (tertiary/aromatic N) is 3. The Morgan fingerprint density at radius 1 is 1.22 bits per heavy atom. The predicted octanol–water partition coefficient (Wildman–Crippen LogP) is 2.57. The summed E-state index contributed by atoms with van der Waals surface area (Å²) in [6.45, 7) is 3.89. The highest BCUT2D eigenvalue weighted by molar-refractivity contribution is 5.81. The lowest BCUT2D eigenvalue weighted by atomic mass is 9.96. The van der Waals surface area contributed by atoms with Gasteiger partial charge in [0, 0.05) is 38.7 Å². The summed E-state index contributed by atoms with van der Waals surface area (Å²) in [5.74, 6) is 0.120. The van der Waals surface area contributed by atoms with Crippen LogP contribution in [0.15, 0.2) is 42.6 Å². The van der Waals surface area contributed by atoms with E-state index in [2.05, 4.69) is 10.4 Å². The molecule has 1 aliphatic heterocycles. The van der Waals surface area contributed by atoms with E-state index in [1.165, 1.54) is 0 Å². The normalized spacial score (nSPS) is 16.9. The van der Waals surface area contributed by atoms with Crippen LogP contribution in [0.2, 0.25) is 0 Å². The molecule has 1 fully saturated rings. The lowest BCUT2D eigenvalue weighted by Crippen LogP contribution is -2.45. The first-order chi connectivity index (χ1) is 13.2. The average Bonchev–Trinajstić information content (AvgIpc) is 3.18. The van der Waals surface area contributed by atoms with Crippen LogP contribution < -0.4 is 5.32 Å². The van der Waals surface area contributed by atoms with Crippen LogP contribution in [-0.2, 0) is 16.0 Å². The van der Waals surface area contributed by atoms with Crippen molar-refractivity contribution in [1.29, 1.82) is 0 Å². The van der Waals surface area contributed by atoms with E-state index in [4.69, 9.17) is 0 Å². The van der Waals surface area contributed by atoms with E-state index in [0.29, 0.717) is 25.9 Å². The Morgan fingerprint density at radius 2 is 2.04 bits per heavy atom. The summed E-state index contributed by atoms with van der Waals surface area (Å²) in [6, 6.07) is 11.9. The molecule has 0 aliphatic carbocycles. The van der Waals surface area contributed by atoms with Crippen molar-refractivity contribution in [2.24, 2.45) is 5.92 Å². The van der Waals surface area contributed by atoms with Gasteiger partial charge in [0.2, 0.25) is 11.8 Å². The molecule has 0 spiro atoms. The topological polar surface area (TPSA) is 67.2 Å². The predicted molar refractivity (Wildman–Crippen MR) is 104 cm³/mol. The van der Waals surface area contributed by atoms with Crippen LogP contribution in [0.5, 0.6) is 0 Å². The monoisotopic (exact) mass is 368 g/mol. The molecule has 1 saturated heterocycles. The fraction of sp³-hybridized carbons (Fsp3) is 0.476. The highest BCUT2D eigenvalue weighted by atomic mass is 16.2. The molecule has 1 N–H and O–H groups in total. The van der Waals surface area contributed by atoms with Crippen LogP contribution in [0.25, 0.3) is 5.69 Å². The van der Waals surface area contributed by atoms with Gasteiger partial charge in [-0.05, 0) is 37.5 Å². The Morgan fingerprint density at radius 3 is 2.81 bits per heavy atom. The van der Waals surface area contributed by atoms with Gasteiger partial charge < -0.3 is 10.2 Å². The summed E-state index contributed by atoms with van der Waals surface area (Å²) in [6.07, 6.45) is 5.79. The Balaban J connectivity index is 1.45. The van der Waals surface area contributed by atoms with E-state index in [1.54, 1.807) is 0 Å². The number of hydrogen-bond donors (Lipinski definition) is 1. The number of piperidine rings is 1. The van der Waals surface area contributed by atoms with Crippen molar-refractivity contribution in [1.82, 2.24) is 20.0 Å². The van der Waals surface area contributed by atoms with Crippen LogP contribution in [0.4, 0.5) is 0 Å². The van der Waals surface area contributed by atoms with Crippen molar-refractivity contribution in [2.75, 3.05) is 19.6 Å². The second-order valence-electron chi connectivity index (χ2n) is 7.06. The summed E-state index contributed by atoms with van der Waals surface area (Å²) >= 11 is 0. The van der Waals surface area contributed by atoms with Crippen molar-refractivity contribution in [3.8, 4) is 5.69 Å². The Labute approximate surface area is 160 Å². The summed E-state index contributed by atoms with van der Waals surface area (Å²) in [5, 5.41) is 7.57. The molecule has 1 atom stereocenters. The Kier molecular flexibility index (Phi) is 6.63. The van der Waals surface area contributed by atoms with Crippen LogP contribution in [-0.4, -0.2) is 46.1 Å². The maximum Gasteiger partial charge on any atom is 0.224 e. The van der Waals surface area contributed by atoms with E-state index in [-0.39, 0.29) is 17.7 Å². The molecule has 0 radical (unpaired) electrons. The molecule has 6 nitrogen and oxygen atoms in total. The third kappa shape index (κ3) is 5.18. The molecule has 1 aliphatic rings. The molecule has 0 saturated carbocycles. The molecule has 1 unspecified atom stereocenters. The van der Waals surface area contributed by atoms with Gasteiger partial charge in [0.15, 0.2) is 0 Å². The van der Waals surface area contributed by atoms with E-state index < -0.39 is 0 Å². The second kappa shape index (κ2) is 9.35. The molecular formula is C21H28N4O2. The maximum absolute atomic E-state index is 12.5. The van der Waals surface area contributed by atoms with Gasteiger partial charge in [-0.25, -0.2) is 4.68 Å². The molecule has 144 valence electrons. The van der Waals surface area contributed by atoms with Gasteiger partial charge in [-0.1, -0.05) is 25.1 Å². The first kappa shape index (κ1) is 19.1. The zero-order chi connectivity index (χ0) is 19.1. The quantitative estimate of drug-likeness (QED) is 0.817. The number of rotatable bonds is 7. The van der Waals surface area contributed by atoms with Gasteiger partial charge in [-0.3, -0.25) is 9.59 Å². The van der Waals surface area contributed by atoms with Gasteiger partial charge >= 0.3 is 0 Å². The summed E-state index contributed by atoms with van der Waals surface area (Å²) in [5.41, 5.74) is 1.97. The number of amides is 2. The fourth-order valence-electron chi connectivity index (χ4n) is 3.47. The van der Waals surface area contributed by atoms with Crippen LogP contribution >= 0.6 is 0 Å². The summed E-state index contributed by atoms with van der Waals surface area (Å²) < 4.78 is 1.84. The van der Waals surface area contributed by atoms with Crippen LogP contribution in [0.1, 0.15) is 38.3 Å². The van der Waals surface area contributed by atoms with E-state index >= 15 is 0 Å². The number of nitrogens with one attached hydrogen (secondary N) is 1. The number of aromatic nitrogens is 2. The minimum Gasteiger partial charge on any atom is -0.355 e. The number of hydrogen-bond acceptors (Lipinski definition) is 3. The Bertz CT molecular complexity index is 757. The van der Waals surface area contributed by atoms with Crippen LogP contribution in [0.3, 0.4) is 0 Å². The van der Waals surface area contributed by atoms with Gasteiger partial charge in [-0.2, -0.15) is 5.10 Å². The first-order valence-corrected chi connectivity index (χ1v) is 9.83. The molecule has 1 aromatic heterocycles. The summed E-state index contributed by atoms with van der Waals surface area (Å²) in [7, 11) is 0. The minimum atomic E-state index is -0.0959. The van der Waals surface area contributed by atoms with E-state index in [0.717, 1.165) is 37.2 Å². The Hall–Kier alpha value is -2.63. The molecule has 2 heterocycles. The molecule has 2 aromatic rings. The number of para-hydroxylation sites is 1. The number of likely N-dealkylation sites (tertiary alicyclic amines) is 1. The third-order valence-corrected chi connectivity index (χ3v) is 4.95. The van der Waals surface area contributed by atoms with Crippen molar-refractivity contribution in [3.63, 3.8) is 0 Å². The van der Waals surface area contributed by atoms with Crippen molar-refractivity contribution in [3.05, 3.63) is 48.3 Å². The number of carbonyl (C=O) groups is 2. The smallest absolute Gasteiger partial charge is 0.224 e. The third-order valence-electron chi connectivity index (χ3n) is 4.95. The largest absolute Gasteiger partial charge is 0.355 e. The number of benzene rings is 1. The van der Waals surface area contributed by atoms with Gasteiger partial charge in [0.05, 0.1) is 17.3 Å². The average molecular weight is 368 g/mol. The molecule has 6 heteroatoms. The van der Waals surface area contributed by atoms with Gasteiger partial charge in [0.1, 0.15) is 0 Å². The molecule has 27 heavy (non-hydrogen) atoms. The van der Waals surface area contributed by atoms with Crippen LogP contribution in [0, 0.1) is 5.92 Å². The van der Waals surface area contributed by atoms with Gasteiger partial charge in [0.25, 0.3) is 0 Å². The second-order valence-corrected chi connectivity index (χ2v) is 7.06. The van der Waals surface area contributed by atoms with Crippen molar-refractivity contribution < 1.29 is 9.59 Å². The van der Waals surface area contributed by atoms with Crippen molar-refractivity contribution in [2.45, 2.75) is 39.0 Å². The molecule has 0 bridgehead atoms. The van der Waals surface area contributed by atoms with E-state index in [9.17, 15) is 9.59 Å². The lowest BCUT2D eigenvalue weighted by Gasteiger charge is -2.32. The lowest BCUT2D eigenvalue weighted by molar-refractivity contribution is -0.135. The summed E-state index contributed by atoms with van der Waals surface area (Å²) in [4.78, 5) is 26.4. The first-order valence-electron chi connectivity index (χ1n) is 9.83. The highest BCUT2D eigenvalue weighted by Crippen LogP contribution is 2.18. The fourth-order valence-corrected chi connectivity index (χ4v) is 3.47. The maximum atomic E-state index is 12.5. The molecule has 1 aromatic carbocycles.